The quantitative estimate of drug-likeness (QED) is 0.837. The molecule has 0 aliphatic heterocycles. The van der Waals surface area contributed by atoms with E-state index in [-0.39, 0.29) is 11.8 Å². The van der Waals surface area contributed by atoms with Gasteiger partial charge in [0.1, 0.15) is 0 Å². The molecule has 0 aliphatic carbocycles. The second kappa shape index (κ2) is 4.86. The van der Waals surface area contributed by atoms with Crippen molar-refractivity contribution in [2.24, 2.45) is 0 Å². The van der Waals surface area contributed by atoms with Crippen LogP contribution in [0.5, 0.6) is 0 Å². The number of carbonyl (C=O) groups excluding carboxylic acids is 1. The monoisotopic (exact) mass is 245 g/mol. The summed E-state index contributed by atoms with van der Waals surface area (Å²) in [6, 6.07) is 3.42. The van der Waals surface area contributed by atoms with Gasteiger partial charge in [0.15, 0.2) is 0 Å². The molecule has 0 unspecified atom stereocenters. The van der Waals surface area contributed by atoms with E-state index < -0.39 is 0 Å². The number of anilines is 1. The third kappa shape index (κ3) is 3.11. The largest absolute Gasteiger partial charge is 0.326 e. The second-order valence-electron chi connectivity index (χ2n) is 3.69. The average Bonchev–Trinajstić information content (AvgIpc) is 1.99. The SMILES string of the molecule is CC(=O)Nc1cc(Cl)c(C(C)C)c(Cl)c1. The summed E-state index contributed by atoms with van der Waals surface area (Å²) in [6.07, 6.45) is 0. The van der Waals surface area contributed by atoms with Crippen LogP contribution in [0.3, 0.4) is 0 Å². The van der Waals surface area contributed by atoms with Gasteiger partial charge < -0.3 is 5.32 Å². The standard InChI is InChI=1S/C11H13Cl2NO/c1-6(2)11-9(12)4-8(5-10(11)13)14-7(3)15/h4-6H,1-3H3,(H,14,15). The molecule has 1 rings (SSSR count). The number of rotatable bonds is 2. The van der Waals surface area contributed by atoms with E-state index in [1.165, 1.54) is 6.92 Å². The minimum atomic E-state index is -0.139. The van der Waals surface area contributed by atoms with E-state index in [2.05, 4.69) is 5.32 Å². The van der Waals surface area contributed by atoms with Crippen LogP contribution in [0.1, 0.15) is 32.3 Å². The van der Waals surface area contributed by atoms with E-state index in [1.807, 2.05) is 13.8 Å². The van der Waals surface area contributed by atoms with Gasteiger partial charge in [-0.1, -0.05) is 37.0 Å². The molecule has 4 heteroatoms. The lowest BCUT2D eigenvalue weighted by Crippen LogP contribution is -2.06. The van der Waals surface area contributed by atoms with Gasteiger partial charge in [-0.15, -0.1) is 0 Å². The Hall–Kier alpha value is -0.730. The minimum absolute atomic E-state index is 0.139. The number of benzene rings is 1. The lowest BCUT2D eigenvalue weighted by Gasteiger charge is -2.12. The van der Waals surface area contributed by atoms with Gasteiger partial charge in [0.25, 0.3) is 0 Å². The van der Waals surface area contributed by atoms with E-state index in [0.717, 1.165) is 5.56 Å². The first-order valence-electron chi connectivity index (χ1n) is 4.68. The zero-order valence-electron chi connectivity index (χ0n) is 8.90. The number of hydrogen-bond donors (Lipinski definition) is 1. The first-order valence-corrected chi connectivity index (χ1v) is 5.44. The summed E-state index contributed by atoms with van der Waals surface area (Å²) >= 11 is 12.2. The summed E-state index contributed by atoms with van der Waals surface area (Å²) in [4.78, 5) is 10.9. The molecule has 0 heterocycles. The molecular formula is C11H13Cl2NO. The average molecular weight is 246 g/mol. The van der Waals surface area contributed by atoms with Crippen molar-refractivity contribution in [1.82, 2.24) is 0 Å². The third-order valence-electron chi connectivity index (χ3n) is 1.98. The van der Waals surface area contributed by atoms with Crippen molar-refractivity contribution in [2.45, 2.75) is 26.7 Å². The van der Waals surface area contributed by atoms with Crippen molar-refractivity contribution >= 4 is 34.8 Å². The Bertz CT molecular complexity index is 365. The predicted octanol–water partition coefficient (Wildman–Crippen LogP) is 4.08. The molecule has 1 aromatic rings. The Morgan fingerprint density at radius 3 is 2.07 bits per heavy atom. The molecule has 0 aliphatic rings. The van der Waals surface area contributed by atoms with Crippen molar-refractivity contribution in [3.05, 3.63) is 27.7 Å². The fourth-order valence-electron chi connectivity index (χ4n) is 1.41. The van der Waals surface area contributed by atoms with E-state index in [1.54, 1.807) is 12.1 Å². The number of carbonyl (C=O) groups is 1. The molecular weight excluding hydrogens is 233 g/mol. The van der Waals surface area contributed by atoms with E-state index in [0.29, 0.717) is 15.7 Å². The molecule has 0 aromatic heterocycles. The number of amides is 1. The zero-order chi connectivity index (χ0) is 11.6. The second-order valence-corrected chi connectivity index (χ2v) is 4.50. The van der Waals surface area contributed by atoms with Crippen LogP contribution in [0.15, 0.2) is 12.1 Å². The molecule has 82 valence electrons. The summed E-state index contributed by atoms with van der Waals surface area (Å²) in [5.41, 5.74) is 1.54. The Morgan fingerprint density at radius 1 is 1.27 bits per heavy atom. The van der Waals surface area contributed by atoms with Crippen LogP contribution in [-0.2, 0) is 4.79 Å². The van der Waals surface area contributed by atoms with Crippen LogP contribution < -0.4 is 5.32 Å². The maximum absolute atomic E-state index is 10.9. The third-order valence-corrected chi connectivity index (χ3v) is 2.60. The molecule has 0 atom stereocenters. The smallest absolute Gasteiger partial charge is 0.221 e. The molecule has 0 saturated heterocycles. The van der Waals surface area contributed by atoms with Gasteiger partial charge in [-0.3, -0.25) is 4.79 Å². The number of nitrogens with one attached hydrogen (secondary N) is 1. The zero-order valence-corrected chi connectivity index (χ0v) is 10.4. The maximum Gasteiger partial charge on any atom is 0.221 e. The highest BCUT2D eigenvalue weighted by Crippen LogP contribution is 2.34. The minimum Gasteiger partial charge on any atom is -0.326 e. The topological polar surface area (TPSA) is 29.1 Å². The van der Waals surface area contributed by atoms with E-state index in [9.17, 15) is 4.79 Å². The molecule has 0 saturated carbocycles. The van der Waals surface area contributed by atoms with Crippen LogP contribution in [0.4, 0.5) is 5.69 Å². The Kier molecular flexibility index (Phi) is 4.00. The molecule has 0 spiro atoms. The lowest BCUT2D eigenvalue weighted by molar-refractivity contribution is -0.114. The Balaban J connectivity index is 3.13. The number of halogens is 2. The summed E-state index contributed by atoms with van der Waals surface area (Å²) in [5, 5.41) is 3.81. The Labute approximate surface area is 99.6 Å². The van der Waals surface area contributed by atoms with Crippen molar-refractivity contribution < 1.29 is 4.79 Å². The van der Waals surface area contributed by atoms with Gasteiger partial charge in [-0.05, 0) is 23.6 Å². The van der Waals surface area contributed by atoms with Gasteiger partial charge in [-0.2, -0.15) is 0 Å². The lowest BCUT2D eigenvalue weighted by atomic mass is 10.0. The molecule has 2 nitrogen and oxygen atoms in total. The highest BCUT2D eigenvalue weighted by atomic mass is 35.5. The maximum atomic E-state index is 10.9. The number of hydrogen-bond acceptors (Lipinski definition) is 1. The summed E-state index contributed by atoms with van der Waals surface area (Å²) in [6.45, 7) is 5.48. The molecule has 1 aromatic carbocycles. The Morgan fingerprint density at radius 2 is 1.73 bits per heavy atom. The van der Waals surface area contributed by atoms with Crippen LogP contribution in [-0.4, -0.2) is 5.91 Å². The first-order chi connectivity index (χ1) is 6.91. The van der Waals surface area contributed by atoms with Gasteiger partial charge in [-0.25, -0.2) is 0 Å². The van der Waals surface area contributed by atoms with Crippen LogP contribution in [0.25, 0.3) is 0 Å². The van der Waals surface area contributed by atoms with Gasteiger partial charge in [0.2, 0.25) is 5.91 Å². The fourth-order valence-corrected chi connectivity index (χ4v) is 2.33. The van der Waals surface area contributed by atoms with E-state index in [4.69, 9.17) is 23.2 Å². The summed E-state index contributed by atoms with van der Waals surface area (Å²) in [5.74, 6) is 0.121. The van der Waals surface area contributed by atoms with Crippen LogP contribution >= 0.6 is 23.2 Å². The molecule has 0 fully saturated rings. The molecule has 1 N–H and O–H groups in total. The fraction of sp³-hybridized carbons (Fsp3) is 0.364. The van der Waals surface area contributed by atoms with Crippen LogP contribution in [0.2, 0.25) is 10.0 Å². The molecule has 1 amide bonds. The normalized spacial score (nSPS) is 10.5. The van der Waals surface area contributed by atoms with Gasteiger partial charge >= 0.3 is 0 Å². The van der Waals surface area contributed by atoms with Crippen molar-refractivity contribution in [3.63, 3.8) is 0 Å². The van der Waals surface area contributed by atoms with Crippen molar-refractivity contribution in [2.75, 3.05) is 5.32 Å². The molecule has 0 bridgehead atoms. The molecule has 15 heavy (non-hydrogen) atoms. The summed E-state index contributed by atoms with van der Waals surface area (Å²) < 4.78 is 0. The van der Waals surface area contributed by atoms with Crippen molar-refractivity contribution in [1.29, 1.82) is 0 Å². The van der Waals surface area contributed by atoms with Crippen molar-refractivity contribution in [3.8, 4) is 0 Å². The van der Waals surface area contributed by atoms with Gasteiger partial charge in [0, 0.05) is 22.7 Å². The highest BCUT2D eigenvalue weighted by Gasteiger charge is 2.11. The van der Waals surface area contributed by atoms with Gasteiger partial charge in [0.05, 0.1) is 0 Å². The summed E-state index contributed by atoms with van der Waals surface area (Å²) in [7, 11) is 0. The van der Waals surface area contributed by atoms with E-state index >= 15 is 0 Å². The predicted molar refractivity (Wildman–Crippen MR) is 64.9 cm³/mol. The molecule has 0 radical (unpaired) electrons. The highest BCUT2D eigenvalue weighted by molar-refractivity contribution is 6.36. The first kappa shape index (κ1) is 12.3. The van der Waals surface area contributed by atoms with Crippen LogP contribution in [0, 0.1) is 0 Å².